The second-order valence-corrected chi connectivity index (χ2v) is 7.68. The average Bonchev–Trinajstić information content (AvgIpc) is 3.26. The molecule has 0 saturated heterocycles. The monoisotopic (exact) mass is 446 g/mol. The van der Waals surface area contributed by atoms with Crippen molar-refractivity contribution in [2.24, 2.45) is 0 Å². The fourth-order valence-corrected chi connectivity index (χ4v) is 3.41. The molecule has 2 aromatic heterocycles. The number of fused-ring (bicyclic) bond motifs is 1. The van der Waals surface area contributed by atoms with Crippen molar-refractivity contribution in [3.05, 3.63) is 107 Å². The van der Waals surface area contributed by atoms with Crippen LogP contribution >= 0.6 is 0 Å². The summed E-state index contributed by atoms with van der Waals surface area (Å²) in [6.45, 7) is 3.08. The highest BCUT2D eigenvalue weighted by Gasteiger charge is 2.16. The maximum absolute atomic E-state index is 12.7. The maximum Gasteiger partial charge on any atom is 0.270 e. The van der Waals surface area contributed by atoms with Crippen LogP contribution in [-0.2, 0) is 13.1 Å². The number of aryl methyl sites for hydroxylation is 1. The number of nitrogens with one attached hydrogen (secondary N) is 1. The summed E-state index contributed by atoms with van der Waals surface area (Å²) in [6.07, 6.45) is 2.25. The van der Waals surface area contributed by atoms with Crippen LogP contribution in [0.3, 0.4) is 0 Å². The van der Waals surface area contributed by atoms with E-state index in [2.05, 4.69) is 10.3 Å². The molecule has 2 aromatic carbocycles. The molecule has 0 unspecified atom stereocenters. The summed E-state index contributed by atoms with van der Waals surface area (Å²) in [5.41, 5.74) is 4.26. The number of imidazole rings is 1. The van der Waals surface area contributed by atoms with E-state index in [-0.39, 0.29) is 11.7 Å². The molecule has 0 fully saturated rings. The zero-order valence-corrected chi connectivity index (χ0v) is 19.0. The molecule has 0 spiro atoms. The Morgan fingerprint density at radius 3 is 2.52 bits per heavy atom. The SMILES string of the molecule is CN(Cc1ccccc1)C(=O)c1cccc2nc(C=O)cn12.CNCc1ccc(F)c(C)c1. The highest BCUT2D eigenvalue weighted by Crippen LogP contribution is 2.12. The summed E-state index contributed by atoms with van der Waals surface area (Å²) in [5.74, 6) is -0.255. The summed E-state index contributed by atoms with van der Waals surface area (Å²) in [7, 11) is 3.63. The van der Waals surface area contributed by atoms with Crippen molar-refractivity contribution in [3.8, 4) is 0 Å². The minimum atomic E-state index is -0.134. The van der Waals surface area contributed by atoms with Crippen molar-refractivity contribution in [1.29, 1.82) is 0 Å². The van der Waals surface area contributed by atoms with Crippen LogP contribution in [0.2, 0.25) is 0 Å². The summed E-state index contributed by atoms with van der Waals surface area (Å²) in [4.78, 5) is 29.3. The topological polar surface area (TPSA) is 66.7 Å². The summed E-state index contributed by atoms with van der Waals surface area (Å²) in [6, 6.07) is 20.2. The van der Waals surface area contributed by atoms with E-state index in [9.17, 15) is 14.0 Å². The van der Waals surface area contributed by atoms with Gasteiger partial charge in [0.25, 0.3) is 5.91 Å². The van der Waals surface area contributed by atoms with E-state index in [1.54, 1.807) is 53.7 Å². The second kappa shape index (κ2) is 11.2. The molecule has 0 aliphatic rings. The van der Waals surface area contributed by atoms with Crippen LogP contribution in [0.5, 0.6) is 0 Å². The van der Waals surface area contributed by atoms with Gasteiger partial charge in [-0.05, 0) is 48.9 Å². The molecule has 0 atom stereocenters. The molecule has 1 N–H and O–H groups in total. The molecular weight excluding hydrogens is 419 g/mol. The van der Waals surface area contributed by atoms with Gasteiger partial charge in [0.2, 0.25) is 0 Å². The lowest BCUT2D eigenvalue weighted by Gasteiger charge is -2.18. The van der Waals surface area contributed by atoms with Gasteiger partial charge in [-0.1, -0.05) is 48.5 Å². The van der Waals surface area contributed by atoms with E-state index in [4.69, 9.17) is 0 Å². The zero-order valence-electron chi connectivity index (χ0n) is 19.0. The quantitative estimate of drug-likeness (QED) is 0.449. The van der Waals surface area contributed by atoms with E-state index >= 15 is 0 Å². The zero-order chi connectivity index (χ0) is 23.8. The van der Waals surface area contributed by atoms with Gasteiger partial charge in [0, 0.05) is 26.3 Å². The van der Waals surface area contributed by atoms with E-state index < -0.39 is 0 Å². The fourth-order valence-electron chi connectivity index (χ4n) is 3.41. The van der Waals surface area contributed by atoms with Crippen molar-refractivity contribution < 1.29 is 14.0 Å². The molecule has 4 rings (SSSR count). The molecule has 2 heterocycles. The first-order valence-corrected chi connectivity index (χ1v) is 10.5. The van der Waals surface area contributed by atoms with Crippen LogP contribution in [0.15, 0.2) is 72.9 Å². The first-order valence-electron chi connectivity index (χ1n) is 10.5. The number of amides is 1. The number of nitrogens with zero attached hydrogens (tertiary/aromatic N) is 3. The lowest BCUT2D eigenvalue weighted by atomic mass is 10.1. The standard InChI is InChI=1S/C17H15N3O2.C9H12FN/c1-19(10-13-6-3-2-4-7-13)17(22)15-8-5-9-16-18-14(12-21)11-20(15)16;1-7-5-8(6-11-2)3-4-9(7)10/h2-9,11-12H,10H2,1H3;3-5,11H,6H2,1-2H3. The molecule has 6 nitrogen and oxygen atoms in total. The number of halogens is 1. The Morgan fingerprint density at radius 1 is 1.09 bits per heavy atom. The van der Waals surface area contributed by atoms with E-state index in [1.165, 1.54) is 6.07 Å². The fraction of sp³-hybridized carbons (Fsp3) is 0.192. The van der Waals surface area contributed by atoms with Crippen LogP contribution in [-0.4, -0.2) is 40.6 Å². The minimum absolute atomic E-state index is 0.121. The summed E-state index contributed by atoms with van der Waals surface area (Å²) < 4.78 is 14.4. The Hall–Kier alpha value is -3.84. The van der Waals surface area contributed by atoms with Crippen LogP contribution in [0.4, 0.5) is 4.39 Å². The van der Waals surface area contributed by atoms with Gasteiger partial charge in [0.15, 0.2) is 6.29 Å². The van der Waals surface area contributed by atoms with Gasteiger partial charge >= 0.3 is 0 Å². The number of rotatable bonds is 6. The molecule has 4 aromatic rings. The van der Waals surface area contributed by atoms with Gasteiger partial charge in [-0.2, -0.15) is 0 Å². The molecule has 0 aliphatic heterocycles. The van der Waals surface area contributed by atoms with E-state index in [0.717, 1.165) is 17.7 Å². The smallest absolute Gasteiger partial charge is 0.270 e. The summed E-state index contributed by atoms with van der Waals surface area (Å²) >= 11 is 0. The molecule has 0 bridgehead atoms. The van der Waals surface area contributed by atoms with Crippen molar-refractivity contribution in [2.45, 2.75) is 20.0 Å². The number of hydrogen-bond acceptors (Lipinski definition) is 4. The van der Waals surface area contributed by atoms with Gasteiger partial charge < -0.3 is 10.2 Å². The average molecular weight is 447 g/mol. The Balaban J connectivity index is 0.000000235. The lowest BCUT2D eigenvalue weighted by molar-refractivity contribution is 0.0777. The molecule has 0 radical (unpaired) electrons. The number of benzene rings is 2. The van der Waals surface area contributed by atoms with Crippen LogP contribution in [0.25, 0.3) is 5.65 Å². The van der Waals surface area contributed by atoms with Gasteiger partial charge in [0.1, 0.15) is 22.9 Å². The molecule has 1 amide bonds. The van der Waals surface area contributed by atoms with Crippen molar-refractivity contribution >= 4 is 17.8 Å². The molecule has 170 valence electrons. The van der Waals surface area contributed by atoms with E-state index in [0.29, 0.717) is 35.4 Å². The summed E-state index contributed by atoms with van der Waals surface area (Å²) in [5, 5.41) is 3.01. The molecule has 0 aliphatic carbocycles. The number of aromatic nitrogens is 2. The predicted molar refractivity (Wildman–Crippen MR) is 127 cm³/mol. The van der Waals surface area contributed by atoms with Crippen LogP contribution in [0, 0.1) is 12.7 Å². The first-order chi connectivity index (χ1) is 15.9. The van der Waals surface area contributed by atoms with Gasteiger partial charge in [0.05, 0.1) is 0 Å². The Labute approximate surface area is 192 Å². The third-order valence-corrected chi connectivity index (χ3v) is 5.06. The number of hydrogen-bond donors (Lipinski definition) is 1. The molecule has 7 heteroatoms. The Kier molecular flexibility index (Phi) is 8.05. The first kappa shape index (κ1) is 23.8. The largest absolute Gasteiger partial charge is 0.336 e. The molecular formula is C26H27FN4O2. The lowest BCUT2D eigenvalue weighted by Crippen LogP contribution is -2.27. The predicted octanol–water partition coefficient (Wildman–Crippen LogP) is 4.27. The number of carbonyl (C=O) groups is 2. The second-order valence-electron chi connectivity index (χ2n) is 7.68. The van der Waals surface area contributed by atoms with Gasteiger partial charge in [-0.3, -0.25) is 14.0 Å². The van der Waals surface area contributed by atoms with Crippen molar-refractivity contribution in [3.63, 3.8) is 0 Å². The van der Waals surface area contributed by atoms with Crippen LogP contribution < -0.4 is 5.32 Å². The number of aldehydes is 1. The maximum atomic E-state index is 12.7. The minimum Gasteiger partial charge on any atom is -0.336 e. The number of pyridine rings is 1. The Morgan fingerprint density at radius 2 is 1.85 bits per heavy atom. The highest BCUT2D eigenvalue weighted by molar-refractivity contribution is 5.93. The highest BCUT2D eigenvalue weighted by atomic mass is 19.1. The van der Waals surface area contributed by atoms with E-state index in [1.807, 2.05) is 43.4 Å². The third kappa shape index (κ3) is 6.11. The molecule has 33 heavy (non-hydrogen) atoms. The van der Waals surface area contributed by atoms with Crippen molar-refractivity contribution in [2.75, 3.05) is 14.1 Å². The van der Waals surface area contributed by atoms with Crippen LogP contribution in [0.1, 0.15) is 37.7 Å². The van der Waals surface area contributed by atoms with Gasteiger partial charge in [-0.25, -0.2) is 9.37 Å². The molecule has 0 saturated carbocycles. The Bertz CT molecular complexity index is 1240. The number of carbonyl (C=O) groups excluding carboxylic acids is 2. The normalized spacial score (nSPS) is 10.4. The third-order valence-electron chi connectivity index (χ3n) is 5.06. The van der Waals surface area contributed by atoms with Gasteiger partial charge in [-0.15, -0.1) is 0 Å². The van der Waals surface area contributed by atoms with Crippen molar-refractivity contribution in [1.82, 2.24) is 19.6 Å².